The molecule has 0 aromatic carbocycles. The highest BCUT2D eigenvalue weighted by atomic mass is 16.5. The molecule has 4 unspecified atom stereocenters. The Morgan fingerprint density at radius 1 is 1.31 bits per heavy atom. The van der Waals surface area contributed by atoms with Crippen molar-refractivity contribution in [3.8, 4) is 0 Å². The van der Waals surface area contributed by atoms with Crippen LogP contribution in [0.4, 0.5) is 0 Å². The minimum Gasteiger partial charge on any atom is -0.380 e. The minimum atomic E-state index is 0.331. The number of ether oxygens (including phenoxy) is 1. The molecule has 1 saturated carbocycles. The fourth-order valence-electron chi connectivity index (χ4n) is 3.20. The van der Waals surface area contributed by atoms with Crippen LogP contribution in [-0.2, 0) is 4.74 Å². The number of methoxy groups -OCH3 is 1. The van der Waals surface area contributed by atoms with Crippen molar-refractivity contribution in [2.75, 3.05) is 20.2 Å². The van der Waals surface area contributed by atoms with Crippen molar-refractivity contribution in [1.82, 2.24) is 10.6 Å². The predicted molar refractivity (Wildman–Crippen MR) is 66.6 cm³/mol. The molecule has 1 saturated heterocycles. The Bertz CT molecular complexity index is 204. The van der Waals surface area contributed by atoms with Gasteiger partial charge in [0.05, 0.1) is 6.10 Å². The van der Waals surface area contributed by atoms with Gasteiger partial charge in [0.15, 0.2) is 0 Å². The van der Waals surface area contributed by atoms with Gasteiger partial charge in [0.2, 0.25) is 0 Å². The molecule has 1 aliphatic heterocycles. The monoisotopic (exact) mass is 226 g/mol. The summed E-state index contributed by atoms with van der Waals surface area (Å²) in [6.07, 6.45) is 7.21. The van der Waals surface area contributed by atoms with E-state index in [1.165, 1.54) is 38.6 Å². The first-order chi connectivity index (χ1) is 7.81. The fraction of sp³-hybridized carbons (Fsp3) is 1.00. The predicted octanol–water partition coefficient (Wildman–Crippen LogP) is 1.53. The third-order valence-corrected chi connectivity index (χ3v) is 4.25. The average Bonchev–Trinajstić information content (AvgIpc) is 2.95. The van der Waals surface area contributed by atoms with Crippen molar-refractivity contribution in [1.29, 1.82) is 0 Å². The molecule has 2 N–H and O–H groups in total. The second-order valence-corrected chi connectivity index (χ2v) is 5.36. The Kier molecular flexibility index (Phi) is 4.62. The minimum absolute atomic E-state index is 0.331. The van der Waals surface area contributed by atoms with E-state index in [1.54, 1.807) is 7.11 Å². The van der Waals surface area contributed by atoms with Gasteiger partial charge in [-0.05, 0) is 45.1 Å². The first-order valence-electron chi connectivity index (χ1n) is 6.81. The van der Waals surface area contributed by atoms with Gasteiger partial charge >= 0.3 is 0 Å². The average molecular weight is 226 g/mol. The second-order valence-electron chi connectivity index (χ2n) is 5.36. The molecule has 2 rings (SSSR count). The van der Waals surface area contributed by atoms with Crippen LogP contribution in [0.5, 0.6) is 0 Å². The van der Waals surface area contributed by atoms with Gasteiger partial charge in [-0.3, -0.25) is 0 Å². The highest BCUT2D eigenvalue weighted by Gasteiger charge is 2.34. The Hall–Kier alpha value is -0.120. The molecule has 2 aliphatic rings. The van der Waals surface area contributed by atoms with E-state index in [9.17, 15) is 0 Å². The van der Waals surface area contributed by atoms with Crippen LogP contribution in [0.1, 0.15) is 39.0 Å². The Morgan fingerprint density at radius 2 is 2.19 bits per heavy atom. The van der Waals surface area contributed by atoms with E-state index in [0.29, 0.717) is 12.1 Å². The summed E-state index contributed by atoms with van der Waals surface area (Å²) in [7, 11) is 1.79. The molecular formula is C13H26N2O. The smallest absolute Gasteiger partial charge is 0.0667 e. The lowest BCUT2D eigenvalue weighted by molar-refractivity contribution is 0.111. The maximum atomic E-state index is 5.29. The maximum absolute atomic E-state index is 5.29. The van der Waals surface area contributed by atoms with Crippen LogP contribution in [0.3, 0.4) is 0 Å². The third-order valence-electron chi connectivity index (χ3n) is 4.25. The van der Waals surface area contributed by atoms with Gasteiger partial charge in [-0.2, -0.15) is 0 Å². The molecule has 16 heavy (non-hydrogen) atoms. The van der Waals surface area contributed by atoms with E-state index >= 15 is 0 Å². The molecular weight excluding hydrogens is 200 g/mol. The van der Waals surface area contributed by atoms with Crippen molar-refractivity contribution < 1.29 is 4.74 Å². The van der Waals surface area contributed by atoms with Gasteiger partial charge in [0.25, 0.3) is 0 Å². The molecule has 0 aromatic rings. The Labute approximate surface area is 99.3 Å². The van der Waals surface area contributed by atoms with Crippen molar-refractivity contribution in [3.63, 3.8) is 0 Å². The Morgan fingerprint density at radius 3 is 2.88 bits per heavy atom. The highest BCUT2D eigenvalue weighted by molar-refractivity contribution is 4.93. The van der Waals surface area contributed by atoms with Gasteiger partial charge in [0, 0.05) is 25.7 Å². The summed E-state index contributed by atoms with van der Waals surface area (Å²) in [5.74, 6) is 0.853. The van der Waals surface area contributed by atoms with Gasteiger partial charge in [-0.25, -0.2) is 0 Å². The van der Waals surface area contributed by atoms with Crippen molar-refractivity contribution in [3.05, 3.63) is 0 Å². The van der Waals surface area contributed by atoms with E-state index in [-0.39, 0.29) is 0 Å². The van der Waals surface area contributed by atoms with Gasteiger partial charge in [0.1, 0.15) is 0 Å². The summed E-state index contributed by atoms with van der Waals surface area (Å²) < 4.78 is 5.29. The van der Waals surface area contributed by atoms with E-state index in [0.717, 1.165) is 18.5 Å². The normalized spacial score (nSPS) is 36.8. The summed E-state index contributed by atoms with van der Waals surface area (Å²) >= 11 is 0. The molecule has 4 atom stereocenters. The van der Waals surface area contributed by atoms with Gasteiger partial charge < -0.3 is 15.4 Å². The lowest BCUT2D eigenvalue weighted by Gasteiger charge is -2.27. The van der Waals surface area contributed by atoms with E-state index in [4.69, 9.17) is 4.74 Å². The topological polar surface area (TPSA) is 33.3 Å². The van der Waals surface area contributed by atoms with Crippen LogP contribution in [0.25, 0.3) is 0 Å². The number of rotatable bonds is 5. The largest absolute Gasteiger partial charge is 0.380 e. The first-order valence-corrected chi connectivity index (χ1v) is 6.81. The number of hydrogen-bond acceptors (Lipinski definition) is 3. The van der Waals surface area contributed by atoms with Crippen LogP contribution in [-0.4, -0.2) is 38.4 Å². The van der Waals surface area contributed by atoms with Crippen molar-refractivity contribution >= 4 is 0 Å². The molecule has 0 amide bonds. The van der Waals surface area contributed by atoms with E-state index in [1.807, 2.05) is 0 Å². The molecule has 3 heteroatoms. The lowest BCUT2D eigenvalue weighted by Crippen LogP contribution is -2.44. The van der Waals surface area contributed by atoms with Crippen LogP contribution in [0, 0.1) is 5.92 Å². The maximum Gasteiger partial charge on any atom is 0.0667 e. The van der Waals surface area contributed by atoms with E-state index in [2.05, 4.69) is 17.6 Å². The van der Waals surface area contributed by atoms with Gasteiger partial charge in [-0.1, -0.05) is 6.42 Å². The van der Waals surface area contributed by atoms with Crippen LogP contribution >= 0.6 is 0 Å². The standard InChI is InChI=1S/C13H26N2O/c1-10(16-2)9-15-13-6-3-5-11(13)12-7-4-8-14-12/h10-15H,3-9H2,1-2H3. The molecule has 0 aromatic heterocycles. The van der Waals surface area contributed by atoms with Crippen LogP contribution in [0.15, 0.2) is 0 Å². The van der Waals surface area contributed by atoms with Gasteiger partial charge in [-0.15, -0.1) is 0 Å². The molecule has 0 spiro atoms. The molecule has 0 bridgehead atoms. The molecule has 2 fully saturated rings. The zero-order valence-electron chi connectivity index (χ0n) is 10.7. The molecule has 0 radical (unpaired) electrons. The third kappa shape index (κ3) is 2.96. The number of nitrogens with one attached hydrogen (secondary N) is 2. The fourth-order valence-corrected chi connectivity index (χ4v) is 3.20. The van der Waals surface area contributed by atoms with Crippen LogP contribution < -0.4 is 10.6 Å². The summed E-state index contributed by atoms with van der Waals surface area (Å²) in [5, 5.41) is 7.35. The van der Waals surface area contributed by atoms with E-state index < -0.39 is 0 Å². The number of hydrogen-bond donors (Lipinski definition) is 2. The zero-order chi connectivity index (χ0) is 11.4. The van der Waals surface area contributed by atoms with Crippen LogP contribution in [0.2, 0.25) is 0 Å². The summed E-state index contributed by atoms with van der Waals surface area (Å²) in [4.78, 5) is 0. The second kappa shape index (κ2) is 5.99. The summed E-state index contributed by atoms with van der Waals surface area (Å²) in [6.45, 7) is 4.34. The molecule has 1 heterocycles. The first kappa shape index (κ1) is 12.3. The Balaban J connectivity index is 1.78. The molecule has 94 valence electrons. The SMILES string of the molecule is COC(C)CNC1CCCC1C1CCCN1. The summed E-state index contributed by atoms with van der Waals surface area (Å²) in [5.41, 5.74) is 0. The highest BCUT2D eigenvalue weighted by Crippen LogP contribution is 2.31. The van der Waals surface area contributed by atoms with Crippen molar-refractivity contribution in [2.45, 2.75) is 57.2 Å². The quantitative estimate of drug-likeness (QED) is 0.746. The summed E-state index contributed by atoms with van der Waals surface area (Å²) in [6, 6.07) is 1.49. The molecule has 1 aliphatic carbocycles. The van der Waals surface area contributed by atoms with Crippen molar-refractivity contribution in [2.24, 2.45) is 5.92 Å². The zero-order valence-corrected chi connectivity index (χ0v) is 10.7. The lowest BCUT2D eigenvalue weighted by atomic mass is 9.93. The molecule has 3 nitrogen and oxygen atoms in total.